The van der Waals surface area contributed by atoms with Gasteiger partial charge in [0.2, 0.25) is 0 Å². The van der Waals surface area contributed by atoms with Crippen LogP contribution in [0.25, 0.3) is 0 Å². The Bertz CT molecular complexity index is 331. The van der Waals surface area contributed by atoms with Gasteiger partial charge in [-0.15, -0.1) is 11.8 Å². The van der Waals surface area contributed by atoms with Crippen LogP contribution in [0.2, 0.25) is 0 Å². The predicted molar refractivity (Wildman–Crippen MR) is 50.6 cm³/mol. The predicted octanol–water partition coefficient (Wildman–Crippen LogP) is 2.21. The number of hydrogen-bond acceptors (Lipinski definition) is 2. The molecule has 0 radical (unpaired) electrons. The molecule has 0 saturated carbocycles. The van der Waals surface area contributed by atoms with Gasteiger partial charge in [0.15, 0.2) is 0 Å². The zero-order valence-corrected chi connectivity index (χ0v) is 7.78. The molecule has 0 bridgehead atoms. The van der Waals surface area contributed by atoms with Gasteiger partial charge < -0.3 is 0 Å². The lowest BCUT2D eigenvalue weighted by molar-refractivity contribution is -0.116. The summed E-state index contributed by atoms with van der Waals surface area (Å²) in [5.74, 6) is 0.998. The van der Waals surface area contributed by atoms with E-state index in [-0.39, 0.29) is 0 Å². The minimum atomic E-state index is 0.349. The van der Waals surface area contributed by atoms with Crippen molar-refractivity contribution in [3.8, 4) is 0 Å². The number of rotatable bonds is 0. The van der Waals surface area contributed by atoms with Crippen molar-refractivity contribution in [2.24, 2.45) is 0 Å². The van der Waals surface area contributed by atoms with Gasteiger partial charge in [-0.1, -0.05) is 12.1 Å². The molecule has 0 saturated heterocycles. The highest BCUT2D eigenvalue weighted by Gasteiger charge is 2.16. The molecule has 1 heterocycles. The molecule has 1 aromatic carbocycles. The number of Topliss-reactive ketones (excluding diaryl/α,β-unsaturated/α-hetero) is 1. The summed E-state index contributed by atoms with van der Waals surface area (Å²) in [7, 11) is 0. The molecule has 62 valence electrons. The van der Waals surface area contributed by atoms with E-state index in [2.05, 4.69) is 25.1 Å². The Labute approximate surface area is 76.2 Å². The fraction of sp³-hybridized carbons (Fsp3) is 0.300. The van der Waals surface area contributed by atoms with Crippen LogP contribution in [0, 0.1) is 6.92 Å². The summed E-state index contributed by atoms with van der Waals surface area (Å²) in [6.07, 6.45) is 0.634. The van der Waals surface area contributed by atoms with Crippen molar-refractivity contribution < 1.29 is 4.79 Å². The second-order valence-corrected chi connectivity index (χ2v) is 4.07. The summed E-state index contributed by atoms with van der Waals surface area (Å²) in [6.45, 7) is 2.07. The van der Waals surface area contributed by atoms with E-state index in [9.17, 15) is 4.79 Å². The van der Waals surface area contributed by atoms with Crippen LogP contribution in [0.15, 0.2) is 23.1 Å². The highest BCUT2D eigenvalue weighted by Crippen LogP contribution is 2.30. The number of carbonyl (C=O) groups is 1. The van der Waals surface area contributed by atoms with Crippen molar-refractivity contribution in [1.82, 2.24) is 0 Å². The van der Waals surface area contributed by atoms with Gasteiger partial charge in [-0.25, -0.2) is 0 Å². The van der Waals surface area contributed by atoms with Crippen LogP contribution in [0.1, 0.15) is 11.1 Å². The molecular weight excluding hydrogens is 168 g/mol. The molecule has 0 amide bonds. The van der Waals surface area contributed by atoms with Crippen molar-refractivity contribution in [3.63, 3.8) is 0 Å². The normalized spacial score (nSPS) is 15.9. The first-order valence-corrected chi connectivity index (χ1v) is 4.99. The van der Waals surface area contributed by atoms with Crippen LogP contribution in [0.5, 0.6) is 0 Å². The van der Waals surface area contributed by atoms with Crippen LogP contribution in [0.4, 0.5) is 0 Å². The van der Waals surface area contributed by atoms with Gasteiger partial charge in [0.25, 0.3) is 0 Å². The highest BCUT2D eigenvalue weighted by atomic mass is 32.2. The topological polar surface area (TPSA) is 17.1 Å². The summed E-state index contributed by atoms with van der Waals surface area (Å²) in [6, 6.07) is 6.22. The van der Waals surface area contributed by atoms with E-state index in [4.69, 9.17) is 0 Å². The van der Waals surface area contributed by atoms with Crippen molar-refractivity contribution in [2.75, 3.05) is 5.75 Å². The van der Waals surface area contributed by atoms with Gasteiger partial charge in [-0.05, 0) is 24.1 Å². The molecule has 12 heavy (non-hydrogen) atoms. The number of ketones is 1. The Morgan fingerprint density at radius 3 is 3.08 bits per heavy atom. The first kappa shape index (κ1) is 7.87. The van der Waals surface area contributed by atoms with Crippen molar-refractivity contribution in [3.05, 3.63) is 29.3 Å². The fourth-order valence-corrected chi connectivity index (χ4v) is 2.44. The molecule has 1 aromatic rings. The van der Waals surface area contributed by atoms with Crippen molar-refractivity contribution >= 4 is 17.5 Å². The second kappa shape index (κ2) is 2.94. The van der Waals surface area contributed by atoms with Crippen molar-refractivity contribution in [1.29, 1.82) is 0 Å². The molecule has 0 N–H and O–H groups in total. The summed E-state index contributed by atoms with van der Waals surface area (Å²) in [5, 5.41) is 0. The third-order valence-electron chi connectivity index (χ3n) is 2.13. The molecule has 2 heteroatoms. The molecule has 0 fully saturated rings. The van der Waals surface area contributed by atoms with Gasteiger partial charge in [0, 0.05) is 11.3 Å². The Morgan fingerprint density at radius 2 is 2.25 bits per heavy atom. The summed E-state index contributed by atoms with van der Waals surface area (Å²) in [5.41, 5.74) is 2.48. The first-order valence-electron chi connectivity index (χ1n) is 4.00. The zero-order valence-electron chi connectivity index (χ0n) is 6.96. The highest BCUT2D eigenvalue weighted by molar-refractivity contribution is 8.00. The minimum Gasteiger partial charge on any atom is -0.298 e. The second-order valence-electron chi connectivity index (χ2n) is 3.06. The van der Waals surface area contributed by atoms with E-state index in [1.807, 2.05) is 0 Å². The Balaban J connectivity index is 2.50. The maximum Gasteiger partial charge on any atom is 0.147 e. The number of benzene rings is 1. The van der Waals surface area contributed by atoms with Crippen LogP contribution < -0.4 is 0 Å². The molecule has 1 nitrogen and oxygen atoms in total. The molecule has 0 unspecified atom stereocenters. The lowest BCUT2D eigenvalue weighted by Gasteiger charge is -2.15. The van der Waals surface area contributed by atoms with Crippen LogP contribution in [-0.2, 0) is 11.2 Å². The molecule has 1 aliphatic heterocycles. The van der Waals surface area contributed by atoms with Crippen molar-refractivity contribution in [2.45, 2.75) is 18.2 Å². The number of carbonyl (C=O) groups excluding carboxylic acids is 1. The average Bonchev–Trinajstić information content (AvgIpc) is 2.07. The van der Waals surface area contributed by atoms with Gasteiger partial charge in [0.05, 0.1) is 5.75 Å². The SMILES string of the molecule is Cc1cccc2c1CC(=O)CS2. The molecule has 0 atom stereocenters. The molecule has 0 aromatic heterocycles. The third-order valence-corrected chi connectivity index (χ3v) is 3.29. The Kier molecular flexibility index (Phi) is 1.93. The average molecular weight is 178 g/mol. The van der Waals surface area contributed by atoms with Crippen LogP contribution >= 0.6 is 11.8 Å². The minimum absolute atomic E-state index is 0.349. The lowest BCUT2D eigenvalue weighted by Crippen LogP contribution is -2.12. The van der Waals surface area contributed by atoms with Gasteiger partial charge in [-0.3, -0.25) is 4.79 Å². The van der Waals surface area contributed by atoms with E-state index in [1.54, 1.807) is 11.8 Å². The molecule has 2 rings (SSSR count). The standard InChI is InChI=1S/C10H10OS/c1-7-3-2-4-10-9(7)5-8(11)6-12-10/h2-4H,5-6H2,1H3. The maximum absolute atomic E-state index is 11.2. The van der Waals surface area contributed by atoms with Gasteiger partial charge in [0.1, 0.15) is 5.78 Å². The lowest BCUT2D eigenvalue weighted by atomic mass is 10.0. The number of thioether (sulfide) groups is 1. The quantitative estimate of drug-likeness (QED) is 0.606. The monoisotopic (exact) mass is 178 g/mol. The Hall–Kier alpha value is -0.760. The van der Waals surface area contributed by atoms with E-state index in [0.29, 0.717) is 18.0 Å². The fourth-order valence-electron chi connectivity index (χ4n) is 1.44. The third kappa shape index (κ3) is 1.27. The van der Waals surface area contributed by atoms with Gasteiger partial charge >= 0.3 is 0 Å². The first-order chi connectivity index (χ1) is 5.77. The van der Waals surface area contributed by atoms with E-state index >= 15 is 0 Å². The Morgan fingerprint density at radius 1 is 1.42 bits per heavy atom. The summed E-state index contributed by atoms with van der Waals surface area (Å²) in [4.78, 5) is 12.4. The smallest absolute Gasteiger partial charge is 0.147 e. The van der Waals surface area contributed by atoms with E-state index in [0.717, 1.165) is 0 Å². The number of hydrogen-bond donors (Lipinski definition) is 0. The molecule has 1 aliphatic rings. The molecule has 0 aliphatic carbocycles. The molecule has 0 spiro atoms. The summed E-state index contributed by atoms with van der Waals surface area (Å²) >= 11 is 1.66. The number of fused-ring (bicyclic) bond motifs is 1. The van der Waals surface area contributed by atoms with E-state index < -0.39 is 0 Å². The zero-order chi connectivity index (χ0) is 8.55. The van der Waals surface area contributed by atoms with Crippen LogP contribution in [0.3, 0.4) is 0 Å². The number of aryl methyl sites for hydroxylation is 1. The molecular formula is C10H10OS. The van der Waals surface area contributed by atoms with E-state index in [1.165, 1.54) is 16.0 Å². The summed E-state index contributed by atoms with van der Waals surface area (Å²) < 4.78 is 0. The van der Waals surface area contributed by atoms with Gasteiger partial charge in [-0.2, -0.15) is 0 Å². The maximum atomic E-state index is 11.2. The largest absolute Gasteiger partial charge is 0.298 e. The van der Waals surface area contributed by atoms with Crippen LogP contribution in [-0.4, -0.2) is 11.5 Å².